The molecule has 0 atom stereocenters. The van der Waals surface area contributed by atoms with E-state index >= 15 is 0 Å². The molecule has 3 rings (SSSR count). The molecule has 0 aliphatic rings. The fourth-order valence-corrected chi connectivity index (χ4v) is 2.78. The lowest BCUT2D eigenvalue weighted by Gasteiger charge is -2.05. The number of aldehydes is 1. The van der Waals surface area contributed by atoms with Gasteiger partial charge in [0, 0.05) is 15.4 Å². The minimum absolute atomic E-state index is 0.664. The Bertz CT molecular complexity index is 760. The minimum atomic E-state index is 0.664. The van der Waals surface area contributed by atoms with E-state index in [1.54, 1.807) is 12.1 Å². The smallest absolute Gasteiger partial charge is 0.150 e. The maximum atomic E-state index is 10.7. The molecule has 0 aliphatic carbocycles. The molecular weight excluding hydrogens is 304 g/mol. The van der Waals surface area contributed by atoms with E-state index in [-0.39, 0.29) is 0 Å². The highest BCUT2D eigenvalue weighted by atomic mass is 79.9. The van der Waals surface area contributed by atoms with E-state index in [4.69, 9.17) is 0 Å². The summed E-state index contributed by atoms with van der Waals surface area (Å²) in [5.41, 5.74) is 3.83. The van der Waals surface area contributed by atoms with E-state index in [1.807, 2.05) is 23.0 Å². The standard InChI is InChI=1S/C15H11BrN2O/c1-10-6-14(16)13-8-17-18(15(13)7-10)12-4-2-11(9-19)3-5-12/h2-9H,1H3. The van der Waals surface area contributed by atoms with Gasteiger partial charge in [0.15, 0.2) is 0 Å². The average Bonchev–Trinajstić information content (AvgIpc) is 2.83. The highest BCUT2D eigenvalue weighted by molar-refractivity contribution is 9.10. The maximum absolute atomic E-state index is 10.7. The molecule has 0 saturated heterocycles. The number of rotatable bonds is 2. The third-order valence-electron chi connectivity index (χ3n) is 3.06. The number of hydrogen-bond donors (Lipinski definition) is 0. The molecule has 1 aromatic heterocycles. The summed E-state index contributed by atoms with van der Waals surface area (Å²) in [6, 6.07) is 11.5. The first-order valence-corrected chi connectivity index (χ1v) is 6.68. The zero-order valence-electron chi connectivity index (χ0n) is 10.3. The number of aromatic nitrogens is 2. The van der Waals surface area contributed by atoms with E-state index in [2.05, 4.69) is 40.1 Å². The zero-order chi connectivity index (χ0) is 13.4. The zero-order valence-corrected chi connectivity index (χ0v) is 11.9. The van der Waals surface area contributed by atoms with Crippen molar-refractivity contribution in [3.8, 4) is 5.69 Å². The molecule has 0 unspecified atom stereocenters. The average molecular weight is 315 g/mol. The Morgan fingerprint density at radius 3 is 2.63 bits per heavy atom. The number of nitrogens with zero attached hydrogens (tertiary/aromatic N) is 2. The normalized spacial score (nSPS) is 10.8. The number of carbonyl (C=O) groups excluding carboxylic acids is 1. The molecule has 0 radical (unpaired) electrons. The van der Waals surface area contributed by atoms with Gasteiger partial charge in [-0.3, -0.25) is 4.79 Å². The first kappa shape index (κ1) is 12.1. The maximum Gasteiger partial charge on any atom is 0.150 e. The Morgan fingerprint density at radius 2 is 1.95 bits per heavy atom. The Balaban J connectivity index is 2.21. The van der Waals surface area contributed by atoms with Gasteiger partial charge in [0.1, 0.15) is 6.29 Å². The quantitative estimate of drug-likeness (QED) is 0.672. The summed E-state index contributed by atoms with van der Waals surface area (Å²) in [5, 5.41) is 5.50. The highest BCUT2D eigenvalue weighted by Gasteiger charge is 2.08. The van der Waals surface area contributed by atoms with Gasteiger partial charge in [-0.25, -0.2) is 4.68 Å². The number of aryl methyl sites for hydroxylation is 1. The van der Waals surface area contributed by atoms with Gasteiger partial charge in [-0.15, -0.1) is 0 Å². The van der Waals surface area contributed by atoms with Gasteiger partial charge in [-0.05, 0) is 48.9 Å². The fourth-order valence-electron chi connectivity index (χ4n) is 2.12. The van der Waals surface area contributed by atoms with Crippen molar-refractivity contribution in [3.05, 3.63) is 58.2 Å². The third kappa shape index (κ3) is 2.08. The molecule has 0 aliphatic heterocycles. The number of carbonyl (C=O) groups is 1. The lowest BCUT2D eigenvalue weighted by atomic mass is 10.2. The summed E-state index contributed by atoms with van der Waals surface area (Å²) >= 11 is 3.56. The number of benzene rings is 2. The van der Waals surface area contributed by atoms with Gasteiger partial charge in [-0.2, -0.15) is 5.10 Å². The predicted molar refractivity (Wildman–Crippen MR) is 78.9 cm³/mol. The molecule has 0 fully saturated rings. The lowest BCUT2D eigenvalue weighted by molar-refractivity contribution is 0.112. The topological polar surface area (TPSA) is 34.9 Å². The fraction of sp³-hybridized carbons (Fsp3) is 0.0667. The summed E-state index contributed by atoms with van der Waals surface area (Å²) < 4.78 is 2.92. The van der Waals surface area contributed by atoms with Crippen LogP contribution in [0.25, 0.3) is 16.6 Å². The van der Waals surface area contributed by atoms with E-state index in [0.717, 1.165) is 27.3 Å². The van der Waals surface area contributed by atoms with Gasteiger partial charge in [-0.1, -0.05) is 15.9 Å². The van der Waals surface area contributed by atoms with Crippen LogP contribution in [-0.2, 0) is 0 Å². The summed E-state index contributed by atoms with van der Waals surface area (Å²) in [6.07, 6.45) is 2.68. The van der Waals surface area contributed by atoms with Crippen molar-refractivity contribution in [2.24, 2.45) is 0 Å². The number of hydrogen-bond acceptors (Lipinski definition) is 2. The first-order chi connectivity index (χ1) is 9.19. The van der Waals surface area contributed by atoms with Crippen molar-refractivity contribution in [3.63, 3.8) is 0 Å². The van der Waals surface area contributed by atoms with Crippen LogP contribution in [0.1, 0.15) is 15.9 Å². The number of fused-ring (bicyclic) bond motifs is 1. The predicted octanol–water partition coefficient (Wildman–Crippen LogP) is 3.91. The second-order valence-corrected chi connectivity index (χ2v) is 5.30. The van der Waals surface area contributed by atoms with Crippen LogP contribution in [0.5, 0.6) is 0 Å². The van der Waals surface area contributed by atoms with E-state index < -0.39 is 0 Å². The van der Waals surface area contributed by atoms with Crippen molar-refractivity contribution in [2.75, 3.05) is 0 Å². The van der Waals surface area contributed by atoms with Crippen molar-refractivity contribution in [1.29, 1.82) is 0 Å². The van der Waals surface area contributed by atoms with E-state index in [1.165, 1.54) is 5.56 Å². The van der Waals surface area contributed by atoms with E-state index in [9.17, 15) is 4.79 Å². The lowest BCUT2D eigenvalue weighted by Crippen LogP contribution is -1.96. The molecule has 0 N–H and O–H groups in total. The molecule has 0 saturated carbocycles. The van der Waals surface area contributed by atoms with Crippen LogP contribution in [0, 0.1) is 6.92 Å². The molecular formula is C15H11BrN2O. The molecule has 4 heteroatoms. The van der Waals surface area contributed by atoms with Crippen molar-refractivity contribution in [1.82, 2.24) is 9.78 Å². The Labute approximate surface area is 119 Å². The van der Waals surface area contributed by atoms with Crippen molar-refractivity contribution in [2.45, 2.75) is 6.92 Å². The Morgan fingerprint density at radius 1 is 1.21 bits per heavy atom. The van der Waals surface area contributed by atoms with Gasteiger partial charge in [0.25, 0.3) is 0 Å². The Kier molecular flexibility index (Phi) is 2.95. The largest absolute Gasteiger partial charge is 0.298 e. The van der Waals surface area contributed by atoms with Crippen LogP contribution in [0.15, 0.2) is 47.1 Å². The van der Waals surface area contributed by atoms with Crippen molar-refractivity contribution >= 4 is 33.1 Å². The summed E-state index contributed by atoms with van der Waals surface area (Å²) in [6.45, 7) is 2.05. The second-order valence-electron chi connectivity index (χ2n) is 4.45. The molecule has 0 bridgehead atoms. The third-order valence-corrected chi connectivity index (χ3v) is 3.71. The van der Waals surface area contributed by atoms with Gasteiger partial charge in [0.05, 0.1) is 17.4 Å². The Hall–Kier alpha value is -1.94. The summed E-state index contributed by atoms with van der Waals surface area (Å²) in [4.78, 5) is 10.7. The molecule has 3 nitrogen and oxygen atoms in total. The molecule has 3 aromatic rings. The molecule has 0 spiro atoms. The van der Waals surface area contributed by atoms with Gasteiger partial charge in [0.2, 0.25) is 0 Å². The molecule has 19 heavy (non-hydrogen) atoms. The van der Waals surface area contributed by atoms with Crippen LogP contribution in [-0.4, -0.2) is 16.1 Å². The SMILES string of the molecule is Cc1cc(Br)c2cnn(-c3ccc(C=O)cc3)c2c1. The van der Waals surface area contributed by atoms with Gasteiger partial charge < -0.3 is 0 Å². The molecule has 1 heterocycles. The first-order valence-electron chi connectivity index (χ1n) is 5.88. The molecule has 94 valence electrons. The number of halogens is 1. The van der Waals surface area contributed by atoms with Crippen LogP contribution in [0.3, 0.4) is 0 Å². The minimum Gasteiger partial charge on any atom is -0.298 e. The highest BCUT2D eigenvalue weighted by Crippen LogP contribution is 2.27. The molecule has 2 aromatic carbocycles. The van der Waals surface area contributed by atoms with Crippen LogP contribution < -0.4 is 0 Å². The summed E-state index contributed by atoms with van der Waals surface area (Å²) in [5.74, 6) is 0. The molecule has 0 amide bonds. The van der Waals surface area contributed by atoms with Crippen LogP contribution >= 0.6 is 15.9 Å². The van der Waals surface area contributed by atoms with Crippen molar-refractivity contribution < 1.29 is 4.79 Å². The van der Waals surface area contributed by atoms with Crippen LogP contribution in [0.2, 0.25) is 0 Å². The van der Waals surface area contributed by atoms with E-state index in [0.29, 0.717) is 5.56 Å². The summed E-state index contributed by atoms with van der Waals surface area (Å²) in [7, 11) is 0. The monoisotopic (exact) mass is 314 g/mol. The van der Waals surface area contributed by atoms with Gasteiger partial charge >= 0.3 is 0 Å². The van der Waals surface area contributed by atoms with Crippen LogP contribution in [0.4, 0.5) is 0 Å². The second kappa shape index (κ2) is 4.63.